The fraction of sp³-hybridized carbons (Fsp3) is 0.533. The van der Waals surface area contributed by atoms with Crippen LogP contribution in [0.5, 0.6) is 5.75 Å². The number of rotatable bonds is 2. The molecule has 1 amide bonds. The molecule has 0 bridgehead atoms. The summed E-state index contributed by atoms with van der Waals surface area (Å²) in [5, 5.41) is 0. The van der Waals surface area contributed by atoms with E-state index in [1.54, 1.807) is 7.11 Å². The summed E-state index contributed by atoms with van der Waals surface area (Å²) >= 11 is 0. The van der Waals surface area contributed by atoms with Gasteiger partial charge < -0.3 is 9.64 Å². The normalized spacial score (nSPS) is 23.8. The van der Waals surface area contributed by atoms with Gasteiger partial charge in [0.05, 0.1) is 7.11 Å². The van der Waals surface area contributed by atoms with Crippen LogP contribution in [0.15, 0.2) is 24.3 Å². The van der Waals surface area contributed by atoms with Crippen molar-refractivity contribution in [3.8, 4) is 5.75 Å². The molecule has 3 nitrogen and oxygen atoms in total. The second kappa shape index (κ2) is 5.42. The molecule has 0 spiro atoms. The maximum atomic E-state index is 12.4. The molecule has 98 valence electrons. The van der Waals surface area contributed by atoms with Gasteiger partial charge in [-0.15, -0.1) is 0 Å². The fourth-order valence-electron chi connectivity index (χ4n) is 2.77. The maximum Gasteiger partial charge on any atom is 0.254 e. The van der Waals surface area contributed by atoms with E-state index in [-0.39, 0.29) is 5.91 Å². The number of carbonyl (C=O) groups excluding carboxylic acids is 1. The number of carbonyl (C=O) groups is 1. The van der Waals surface area contributed by atoms with Crippen molar-refractivity contribution in [3.05, 3.63) is 29.8 Å². The van der Waals surface area contributed by atoms with E-state index in [2.05, 4.69) is 13.8 Å². The Balaban J connectivity index is 2.14. The number of benzene rings is 1. The molecule has 0 N–H and O–H groups in total. The number of amides is 1. The number of likely N-dealkylation sites (tertiary alicyclic amines) is 1. The number of nitrogens with zero attached hydrogens (tertiary/aromatic N) is 1. The average Bonchev–Trinajstić information content (AvgIpc) is 2.37. The standard InChI is InChI=1S/C15H21NO2/c1-11-7-12(2)10-16(9-11)15(17)13-5-4-6-14(8-13)18-3/h4-6,8,11-12H,7,9-10H2,1-3H3/t11-,12+. The van der Waals surface area contributed by atoms with Crippen LogP contribution < -0.4 is 4.74 Å². The Morgan fingerprint density at radius 3 is 2.56 bits per heavy atom. The van der Waals surface area contributed by atoms with Crippen LogP contribution in [-0.2, 0) is 0 Å². The van der Waals surface area contributed by atoms with E-state index >= 15 is 0 Å². The first-order valence-corrected chi connectivity index (χ1v) is 6.53. The molecule has 0 radical (unpaired) electrons. The number of methoxy groups -OCH3 is 1. The highest BCUT2D eigenvalue weighted by atomic mass is 16.5. The predicted molar refractivity (Wildman–Crippen MR) is 71.8 cm³/mol. The van der Waals surface area contributed by atoms with Gasteiger partial charge in [-0.3, -0.25) is 4.79 Å². The molecule has 1 aliphatic heterocycles. The lowest BCUT2D eigenvalue weighted by molar-refractivity contribution is 0.0623. The van der Waals surface area contributed by atoms with E-state index in [4.69, 9.17) is 4.74 Å². The van der Waals surface area contributed by atoms with Crippen molar-refractivity contribution in [2.75, 3.05) is 20.2 Å². The van der Waals surface area contributed by atoms with Gasteiger partial charge in [0.25, 0.3) is 5.91 Å². The number of ether oxygens (including phenoxy) is 1. The summed E-state index contributed by atoms with van der Waals surface area (Å²) in [6.45, 7) is 6.14. The van der Waals surface area contributed by atoms with Crippen LogP contribution in [0.25, 0.3) is 0 Å². The predicted octanol–water partition coefficient (Wildman–Crippen LogP) is 2.81. The van der Waals surface area contributed by atoms with Gasteiger partial charge >= 0.3 is 0 Å². The highest BCUT2D eigenvalue weighted by Crippen LogP contribution is 2.23. The monoisotopic (exact) mass is 247 g/mol. The van der Waals surface area contributed by atoms with Crippen LogP contribution in [0.4, 0.5) is 0 Å². The van der Waals surface area contributed by atoms with Crippen LogP contribution in [0.2, 0.25) is 0 Å². The Morgan fingerprint density at radius 1 is 1.28 bits per heavy atom. The van der Waals surface area contributed by atoms with Crippen molar-refractivity contribution in [3.63, 3.8) is 0 Å². The van der Waals surface area contributed by atoms with Crippen LogP contribution in [-0.4, -0.2) is 31.0 Å². The third kappa shape index (κ3) is 2.84. The van der Waals surface area contributed by atoms with E-state index in [0.717, 1.165) is 24.4 Å². The van der Waals surface area contributed by atoms with Crippen molar-refractivity contribution in [2.45, 2.75) is 20.3 Å². The Kier molecular flexibility index (Phi) is 3.90. The third-order valence-corrected chi connectivity index (χ3v) is 3.47. The van der Waals surface area contributed by atoms with Gasteiger partial charge in [0.2, 0.25) is 0 Å². The molecule has 2 atom stereocenters. The van der Waals surface area contributed by atoms with Crippen LogP contribution >= 0.6 is 0 Å². The molecule has 1 aromatic carbocycles. The van der Waals surface area contributed by atoms with E-state index in [1.165, 1.54) is 6.42 Å². The third-order valence-electron chi connectivity index (χ3n) is 3.47. The topological polar surface area (TPSA) is 29.5 Å². The molecule has 0 aromatic heterocycles. The number of hydrogen-bond acceptors (Lipinski definition) is 2. The molecule has 0 unspecified atom stereocenters. The summed E-state index contributed by atoms with van der Waals surface area (Å²) in [6.07, 6.45) is 1.21. The summed E-state index contributed by atoms with van der Waals surface area (Å²) in [7, 11) is 1.62. The summed E-state index contributed by atoms with van der Waals surface area (Å²) in [4.78, 5) is 14.4. The second-order valence-electron chi connectivity index (χ2n) is 5.39. The zero-order valence-electron chi connectivity index (χ0n) is 11.3. The van der Waals surface area contributed by atoms with Gasteiger partial charge in [-0.2, -0.15) is 0 Å². The van der Waals surface area contributed by atoms with Gasteiger partial charge in [0.1, 0.15) is 5.75 Å². The maximum absolute atomic E-state index is 12.4. The summed E-state index contributed by atoms with van der Waals surface area (Å²) in [5.41, 5.74) is 0.718. The zero-order chi connectivity index (χ0) is 13.1. The fourth-order valence-corrected chi connectivity index (χ4v) is 2.77. The molecule has 1 saturated heterocycles. The number of piperidine rings is 1. The lowest BCUT2D eigenvalue weighted by Gasteiger charge is -2.35. The van der Waals surface area contributed by atoms with Crippen molar-refractivity contribution in [2.24, 2.45) is 11.8 Å². The molecule has 3 heteroatoms. The van der Waals surface area contributed by atoms with E-state index < -0.39 is 0 Å². The van der Waals surface area contributed by atoms with Crippen molar-refractivity contribution < 1.29 is 9.53 Å². The second-order valence-corrected chi connectivity index (χ2v) is 5.39. The molecular weight excluding hydrogens is 226 g/mol. The first-order chi connectivity index (χ1) is 8.60. The minimum absolute atomic E-state index is 0.118. The first kappa shape index (κ1) is 12.9. The first-order valence-electron chi connectivity index (χ1n) is 6.53. The van der Waals surface area contributed by atoms with Gasteiger partial charge in [-0.1, -0.05) is 19.9 Å². The van der Waals surface area contributed by atoms with Gasteiger partial charge in [0, 0.05) is 18.7 Å². The Morgan fingerprint density at radius 2 is 1.94 bits per heavy atom. The minimum Gasteiger partial charge on any atom is -0.497 e. The molecular formula is C15H21NO2. The van der Waals surface area contributed by atoms with Gasteiger partial charge in [0.15, 0.2) is 0 Å². The molecule has 2 rings (SSSR count). The molecule has 18 heavy (non-hydrogen) atoms. The van der Waals surface area contributed by atoms with E-state index in [1.807, 2.05) is 29.2 Å². The van der Waals surface area contributed by atoms with Crippen LogP contribution in [0.3, 0.4) is 0 Å². The lowest BCUT2D eigenvalue weighted by Crippen LogP contribution is -2.42. The largest absolute Gasteiger partial charge is 0.497 e. The lowest BCUT2D eigenvalue weighted by atomic mass is 9.91. The highest BCUT2D eigenvalue weighted by molar-refractivity contribution is 5.94. The smallest absolute Gasteiger partial charge is 0.254 e. The highest BCUT2D eigenvalue weighted by Gasteiger charge is 2.26. The molecule has 0 saturated carbocycles. The summed E-state index contributed by atoms with van der Waals surface area (Å²) in [6, 6.07) is 7.39. The molecule has 1 aliphatic rings. The van der Waals surface area contributed by atoms with Gasteiger partial charge in [-0.05, 0) is 36.5 Å². The summed E-state index contributed by atoms with van der Waals surface area (Å²) in [5.74, 6) is 2.03. The molecule has 0 aliphatic carbocycles. The molecule has 1 fully saturated rings. The van der Waals surface area contributed by atoms with Crippen molar-refractivity contribution in [1.82, 2.24) is 4.90 Å². The van der Waals surface area contributed by atoms with E-state index in [9.17, 15) is 4.79 Å². The Bertz CT molecular complexity index is 420. The van der Waals surface area contributed by atoms with Crippen LogP contribution in [0, 0.1) is 11.8 Å². The Hall–Kier alpha value is -1.51. The SMILES string of the molecule is COc1cccc(C(=O)N2C[C@H](C)C[C@H](C)C2)c1. The number of hydrogen-bond donors (Lipinski definition) is 0. The summed E-state index contributed by atoms with van der Waals surface area (Å²) < 4.78 is 5.16. The zero-order valence-corrected chi connectivity index (χ0v) is 11.3. The molecule has 1 aromatic rings. The van der Waals surface area contributed by atoms with Gasteiger partial charge in [-0.25, -0.2) is 0 Å². The molecule has 1 heterocycles. The van der Waals surface area contributed by atoms with E-state index in [0.29, 0.717) is 11.8 Å². The average molecular weight is 247 g/mol. The quantitative estimate of drug-likeness (QED) is 0.804. The van der Waals surface area contributed by atoms with Crippen molar-refractivity contribution in [1.29, 1.82) is 0 Å². The van der Waals surface area contributed by atoms with Crippen LogP contribution in [0.1, 0.15) is 30.6 Å². The minimum atomic E-state index is 0.118. The van der Waals surface area contributed by atoms with Crippen molar-refractivity contribution >= 4 is 5.91 Å². The Labute approximate surface area is 109 Å².